The Hall–Kier alpha value is -3.23. The minimum atomic E-state index is 0.702. The summed E-state index contributed by atoms with van der Waals surface area (Å²) in [5, 5.41) is 6.58. The molecule has 0 aliphatic heterocycles. The van der Waals surface area contributed by atoms with E-state index in [0.29, 0.717) is 5.02 Å². The summed E-state index contributed by atoms with van der Waals surface area (Å²) in [6.07, 6.45) is 0. The van der Waals surface area contributed by atoms with Crippen LogP contribution in [0.1, 0.15) is 0 Å². The molecular weight excluding hydrogens is 352 g/mol. The Morgan fingerprint density at radius 2 is 1.19 bits per heavy atom. The second kappa shape index (κ2) is 6.49. The molecule has 5 rings (SSSR count). The standard InChI is InChI=1S/C24H17ClN2/c25-24-20(26-17-9-2-1-3-10-17)13-8-16-23(24)27-21-14-6-4-11-18(21)19-12-5-7-15-22(19)27/h1-16,26H. The lowest BCUT2D eigenvalue weighted by molar-refractivity contribution is 1.18. The van der Waals surface area contributed by atoms with E-state index in [1.807, 2.05) is 42.5 Å². The van der Waals surface area contributed by atoms with E-state index >= 15 is 0 Å². The molecule has 0 unspecified atom stereocenters. The highest BCUT2D eigenvalue weighted by Gasteiger charge is 2.15. The van der Waals surface area contributed by atoms with Crippen LogP contribution in [0.25, 0.3) is 27.5 Å². The number of para-hydroxylation sites is 3. The lowest BCUT2D eigenvalue weighted by Gasteiger charge is -2.14. The van der Waals surface area contributed by atoms with Crippen LogP contribution in [0.15, 0.2) is 97.1 Å². The summed E-state index contributed by atoms with van der Waals surface area (Å²) in [5.74, 6) is 0. The number of anilines is 2. The van der Waals surface area contributed by atoms with Crippen molar-refractivity contribution in [3.05, 3.63) is 102 Å². The van der Waals surface area contributed by atoms with Crippen molar-refractivity contribution in [2.24, 2.45) is 0 Å². The topological polar surface area (TPSA) is 17.0 Å². The van der Waals surface area contributed by atoms with E-state index in [1.165, 1.54) is 10.8 Å². The molecule has 0 aliphatic carbocycles. The first-order chi connectivity index (χ1) is 13.3. The van der Waals surface area contributed by atoms with Gasteiger partial charge < -0.3 is 9.88 Å². The lowest BCUT2D eigenvalue weighted by Crippen LogP contribution is -1.98. The summed E-state index contributed by atoms with van der Waals surface area (Å²) >= 11 is 6.87. The van der Waals surface area contributed by atoms with Crippen molar-refractivity contribution in [3.63, 3.8) is 0 Å². The molecule has 0 fully saturated rings. The molecule has 27 heavy (non-hydrogen) atoms. The molecule has 5 aromatic rings. The molecule has 0 radical (unpaired) electrons. The van der Waals surface area contributed by atoms with E-state index < -0.39 is 0 Å². The van der Waals surface area contributed by atoms with Crippen LogP contribution in [0.2, 0.25) is 5.02 Å². The van der Waals surface area contributed by atoms with Gasteiger partial charge in [0.2, 0.25) is 0 Å². The highest BCUT2D eigenvalue weighted by atomic mass is 35.5. The molecule has 4 aromatic carbocycles. The van der Waals surface area contributed by atoms with Gasteiger partial charge in [-0.25, -0.2) is 0 Å². The highest BCUT2D eigenvalue weighted by molar-refractivity contribution is 6.35. The maximum atomic E-state index is 6.87. The van der Waals surface area contributed by atoms with Gasteiger partial charge >= 0.3 is 0 Å². The van der Waals surface area contributed by atoms with Crippen molar-refractivity contribution in [2.45, 2.75) is 0 Å². The molecule has 130 valence electrons. The van der Waals surface area contributed by atoms with Crippen molar-refractivity contribution in [1.82, 2.24) is 4.57 Å². The molecule has 0 bridgehead atoms. The molecule has 3 heteroatoms. The summed E-state index contributed by atoms with van der Waals surface area (Å²) in [5.41, 5.74) is 5.17. The molecule has 1 aromatic heterocycles. The number of nitrogens with zero attached hydrogens (tertiary/aromatic N) is 1. The van der Waals surface area contributed by atoms with Gasteiger partial charge in [0, 0.05) is 16.5 Å². The van der Waals surface area contributed by atoms with E-state index in [4.69, 9.17) is 11.6 Å². The Bertz CT molecular complexity index is 1200. The monoisotopic (exact) mass is 368 g/mol. The fraction of sp³-hybridized carbons (Fsp3) is 0. The minimum Gasteiger partial charge on any atom is -0.354 e. The Morgan fingerprint density at radius 3 is 1.85 bits per heavy atom. The van der Waals surface area contributed by atoms with Gasteiger partial charge in [0.25, 0.3) is 0 Å². The summed E-state index contributed by atoms with van der Waals surface area (Å²) in [4.78, 5) is 0. The van der Waals surface area contributed by atoms with Gasteiger partial charge in [0.1, 0.15) is 0 Å². The third-order valence-corrected chi connectivity index (χ3v) is 5.25. The Balaban J connectivity index is 1.75. The minimum absolute atomic E-state index is 0.702. The van der Waals surface area contributed by atoms with E-state index in [-0.39, 0.29) is 0 Å². The predicted octanol–water partition coefficient (Wildman–Crippen LogP) is 7.18. The van der Waals surface area contributed by atoms with Gasteiger partial charge in [0.05, 0.1) is 27.4 Å². The van der Waals surface area contributed by atoms with Gasteiger partial charge in [0.15, 0.2) is 0 Å². The molecule has 0 saturated carbocycles. The van der Waals surface area contributed by atoms with E-state index in [2.05, 4.69) is 64.5 Å². The molecule has 2 nitrogen and oxygen atoms in total. The average Bonchev–Trinajstić information content (AvgIpc) is 3.05. The van der Waals surface area contributed by atoms with Crippen LogP contribution in [0.5, 0.6) is 0 Å². The summed E-state index contributed by atoms with van der Waals surface area (Å²) in [7, 11) is 0. The fourth-order valence-corrected chi connectivity index (χ4v) is 3.91. The zero-order valence-corrected chi connectivity index (χ0v) is 15.3. The van der Waals surface area contributed by atoms with Crippen LogP contribution in [-0.2, 0) is 0 Å². The number of nitrogens with one attached hydrogen (secondary N) is 1. The van der Waals surface area contributed by atoms with Gasteiger partial charge in [-0.1, -0.05) is 72.3 Å². The second-order valence-corrected chi connectivity index (χ2v) is 6.88. The molecule has 0 atom stereocenters. The number of benzene rings is 4. The first kappa shape index (κ1) is 16.0. The van der Waals surface area contributed by atoms with Gasteiger partial charge in [-0.2, -0.15) is 0 Å². The number of rotatable bonds is 3. The maximum absolute atomic E-state index is 6.87. The zero-order chi connectivity index (χ0) is 18.2. The number of hydrogen-bond donors (Lipinski definition) is 1. The Morgan fingerprint density at radius 1 is 0.593 bits per heavy atom. The average molecular weight is 369 g/mol. The van der Waals surface area contributed by atoms with Gasteiger partial charge in [-0.15, -0.1) is 0 Å². The van der Waals surface area contributed by atoms with Crippen molar-refractivity contribution < 1.29 is 0 Å². The fourth-order valence-electron chi connectivity index (χ4n) is 3.65. The number of aromatic nitrogens is 1. The summed E-state index contributed by atoms with van der Waals surface area (Å²) < 4.78 is 2.24. The molecule has 1 N–H and O–H groups in total. The summed E-state index contributed by atoms with van der Waals surface area (Å²) in [6, 6.07) is 33.1. The molecule has 0 amide bonds. The largest absolute Gasteiger partial charge is 0.354 e. The molecule has 0 aliphatic rings. The van der Waals surface area contributed by atoms with Crippen LogP contribution >= 0.6 is 11.6 Å². The van der Waals surface area contributed by atoms with E-state index in [9.17, 15) is 0 Å². The number of halogens is 1. The number of fused-ring (bicyclic) bond motifs is 3. The van der Waals surface area contributed by atoms with Crippen LogP contribution in [0.4, 0.5) is 11.4 Å². The third-order valence-electron chi connectivity index (χ3n) is 4.85. The number of hydrogen-bond acceptors (Lipinski definition) is 1. The molecule has 0 spiro atoms. The predicted molar refractivity (Wildman–Crippen MR) is 116 cm³/mol. The third kappa shape index (κ3) is 2.66. The molecule has 0 saturated heterocycles. The smallest absolute Gasteiger partial charge is 0.0881 e. The van der Waals surface area contributed by atoms with Crippen molar-refractivity contribution in [3.8, 4) is 5.69 Å². The van der Waals surface area contributed by atoms with Crippen LogP contribution in [-0.4, -0.2) is 4.57 Å². The SMILES string of the molecule is Clc1c(Nc2ccccc2)cccc1-n1c2ccccc2c2ccccc21. The Labute approximate surface area is 162 Å². The van der Waals surface area contributed by atoms with Gasteiger partial charge in [-0.05, 0) is 36.4 Å². The first-order valence-corrected chi connectivity index (χ1v) is 9.30. The maximum Gasteiger partial charge on any atom is 0.0881 e. The van der Waals surface area contributed by atoms with Crippen LogP contribution in [0.3, 0.4) is 0 Å². The summed E-state index contributed by atoms with van der Waals surface area (Å²) in [6.45, 7) is 0. The molecular formula is C24H17ClN2. The van der Waals surface area contributed by atoms with Crippen LogP contribution < -0.4 is 5.32 Å². The van der Waals surface area contributed by atoms with Crippen molar-refractivity contribution in [2.75, 3.05) is 5.32 Å². The first-order valence-electron chi connectivity index (χ1n) is 8.92. The van der Waals surface area contributed by atoms with E-state index in [0.717, 1.165) is 28.1 Å². The van der Waals surface area contributed by atoms with Crippen molar-refractivity contribution >= 4 is 44.8 Å². The molecule has 1 heterocycles. The zero-order valence-electron chi connectivity index (χ0n) is 14.6. The van der Waals surface area contributed by atoms with Crippen LogP contribution in [0, 0.1) is 0 Å². The highest BCUT2D eigenvalue weighted by Crippen LogP contribution is 2.37. The normalized spacial score (nSPS) is 11.1. The quantitative estimate of drug-likeness (QED) is 0.357. The van der Waals surface area contributed by atoms with Gasteiger partial charge in [-0.3, -0.25) is 0 Å². The van der Waals surface area contributed by atoms with Crippen molar-refractivity contribution in [1.29, 1.82) is 0 Å². The van der Waals surface area contributed by atoms with E-state index in [1.54, 1.807) is 0 Å². The lowest BCUT2D eigenvalue weighted by atomic mass is 10.2. The second-order valence-electron chi connectivity index (χ2n) is 6.50. The Kier molecular flexibility index (Phi) is 3.84.